The zero-order valence-electron chi connectivity index (χ0n) is 21.6. The number of fused-ring (bicyclic) bond motifs is 1. The van der Waals surface area contributed by atoms with E-state index in [2.05, 4.69) is 79.4 Å². The second-order valence-electron chi connectivity index (χ2n) is 6.90. The van der Waals surface area contributed by atoms with Crippen molar-refractivity contribution in [2.75, 3.05) is 4.90 Å². The molecule has 1 aliphatic rings. The lowest BCUT2D eigenvalue weighted by molar-refractivity contribution is 0.623. The number of benzene rings is 3. The van der Waals surface area contributed by atoms with E-state index in [-0.39, 0.29) is 11.7 Å². The van der Waals surface area contributed by atoms with Gasteiger partial charge in [-0.05, 0) is 66.1 Å². The van der Waals surface area contributed by atoms with Crippen LogP contribution in [0.1, 0.15) is 72.4 Å². The number of halogens is 1. The Hall–Kier alpha value is -3.13. The normalized spacial score (nSPS) is 13.7. The maximum atomic E-state index is 13.9. The van der Waals surface area contributed by atoms with Gasteiger partial charge in [-0.2, -0.15) is 0 Å². The predicted octanol–water partition coefficient (Wildman–Crippen LogP) is 10.1. The topological polar surface area (TPSA) is 3.24 Å². The van der Waals surface area contributed by atoms with Crippen molar-refractivity contribution in [3.05, 3.63) is 113 Å². The summed E-state index contributed by atoms with van der Waals surface area (Å²) in [5.74, 6) is -0.0659. The van der Waals surface area contributed by atoms with Gasteiger partial charge in [0.05, 0.1) is 0 Å². The van der Waals surface area contributed by atoms with Crippen molar-refractivity contribution < 1.29 is 4.39 Å². The standard InChI is InChI=1S/C25H22FN.3C2H6/c1-18-19(2)25(16-14-20-13-15-21(26)17-24(18)20)27(22-9-5-3-6-10-22)23-11-7-4-8-12-23;3*1-2/h3-18H,1-2H3;3*1-2H3. The van der Waals surface area contributed by atoms with Crippen molar-refractivity contribution in [2.24, 2.45) is 0 Å². The first-order valence-electron chi connectivity index (χ1n) is 12.2. The fourth-order valence-corrected chi connectivity index (χ4v) is 3.66. The second-order valence-corrected chi connectivity index (χ2v) is 6.90. The molecule has 0 bridgehead atoms. The summed E-state index contributed by atoms with van der Waals surface area (Å²) in [7, 11) is 0. The molecular formula is C31H40FN. The number of anilines is 2. The molecule has 1 unspecified atom stereocenters. The summed E-state index contributed by atoms with van der Waals surface area (Å²) in [6, 6.07) is 25.8. The predicted molar refractivity (Wildman–Crippen MR) is 146 cm³/mol. The molecule has 3 aromatic rings. The Balaban J connectivity index is 0.000000841. The van der Waals surface area contributed by atoms with Crippen LogP contribution in [0.3, 0.4) is 0 Å². The van der Waals surface area contributed by atoms with Crippen LogP contribution in [0.25, 0.3) is 6.08 Å². The molecule has 1 atom stereocenters. The van der Waals surface area contributed by atoms with E-state index >= 15 is 0 Å². The molecule has 176 valence electrons. The lowest BCUT2D eigenvalue weighted by atomic mass is 9.90. The molecule has 1 nitrogen and oxygen atoms in total. The highest BCUT2D eigenvalue weighted by atomic mass is 19.1. The van der Waals surface area contributed by atoms with Crippen LogP contribution in [0, 0.1) is 5.82 Å². The highest BCUT2D eigenvalue weighted by Gasteiger charge is 2.22. The van der Waals surface area contributed by atoms with Crippen molar-refractivity contribution in [3.63, 3.8) is 0 Å². The van der Waals surface area contributed by atoms with E-state index < -0.39 is 0 Å². The molecule has 0 spiro atoms. The molecule has 0 N–H and O–H groups in total. The number of para-hydroxylation sites is 2. The minimum atomic E-state index is -0.187. The van der Waals surface area contributed by atoms with Crippen LogP contribution in [-0.2, 0) is 0 Å². The van der Waals surface area contributed by atoms with E-state index in [1.807, 2.05) is 59.7 Å². The molecular weight excluding hydrogens is 405 g/mol. The van der Waals surface area contributed by atoms with Crippen LogP contribution in [-0.4, -0.2) is 0 Å². The maximum Gasteiger partial charge on any atom is 0.123 e. The van der Waals surface area contributed by atoms with Crippen molar-refractivity contribution >= 4 is 17.5 Å². The molecule has 0 fully saturated rings. The Morgan fingerprint density at radius 1 is 0.667 bits per heavy atom. The Morgan fingerprint density at radius 2 is 1.15 bits per heavy atom. The number of hydrogen-bond donors (Lipinski definition) is 0. The van der Waals surface area contributed by atoms with Gasteiger partial charge >= 0.3 is 0 Å². The van der Waals surface area contributed by atoms with Crippen LogP contribution in [0.5, 0.6) is 0 Å². The van der Waals surface area contributed by atoms with Crippen molar-refractivity contribution in [2.45, 2.75) is 61.3 Å². The summed E-state index contributed by atoms with van der Waals surface area (Å²) in [4.78, 5) is 2.27. The van der Waals surface area contributed by atoms with E-state index in [1.165, 1.54) is 11.6 Å². The quantitative estimate of drug-likeness (QED) is 0.387. The summed E-state index contributed by atoms with van der Waals surface area (Å²) in [6.45, 7) is 16.3. The molecule has 33 heavy (non-hydrogen) atoms. The molecule has 0 heterocycles. The molecule has 2 heteroatoms. The van der Waals surface area contributed by atoms with E-state index in [0.717, 1.165) is 28.2 Å². The van der Waals surface area contributed by atoms with Gasteiger partial charge in [0.25, 0.3) is 0 Å². The first-order chi connectivity index (χ1) is 16.1. The molecule has 4 rings (SSSR count). The highest BCUT2D eigenvalue weighted by Crippen LogP contribution is 2.39. The largest absolute Gasteiger partial charge is 0.311 e. The molecule has 0 amide bonds. The lowest BCUT2D eigenvalue weighted by Crippen LogP contribution is -2.17. The number of hydrogen-bond acceptors (Lipinski definition) is 1. The lowest BCUT2D eigenvalue weighted by Gasteiger charge is -2.29. The number of nitrogens with zero attached hydrogens (tertiary/aromatic N) is 1. The first kappa shape index (κ1) is 27.9. The summed E-state index contributed by atoms with van der Waals surface area (Å²) < 4.78 is 13.9. The molecule has 0 saturated heterocycles. The van der Waals surface area contributed by atoms with Gasteiger partial charge < -0.3 is 4.90 Å². The fourth-order valence-electron chi connectivity index (χ4n) is 3.66. The summed E-state index contributed by atoms with van der Waals surface area (Å²) in [5, 5.41) is 0. The van der Waals surface area contributed by atoms with Gasteiger partial charge in [-0.1, -0.05) is 97.0 Å². The Bertz CT molecular complexity index is 964. The van der Waals surface area contributed by atoms with E-state index in [9.17, 15) is 4.39 Å². The molecule has 0 saturated carbocycles. The average Bonchev–Trinajstić information content (AvgIpc) is 3.01. The third kappa shape index (κ3) is 6.92. The van der Waals surface area contributed by atoms with Gasteiger partial charge in [0.1, 0.15) is 5.82 Å². The van der Waals surface area contributed by atoms with Gasteiger partial charge in [0, 0.05) is 23.0 Å². The first-order valence-corrected chi connectivity index (χ1v) is 12.2. The van der Waals surface area contributed by atoms with Crippen LogP contribution < -0.4 is 4.90 Å². The zero-order chi connectivity index (χ0) is 24.8. The van der Waals surface area contributed by atoms with Gasteiger partial charge in [-0.25, -0.2) is 4.39 Å². The number of allylic oxidation sites excluding steroid dienone is 2. The van der Waals surface area contributed by atoms with Crippen molar-refractivity contribution in [3.8, 4) is 0 Å². The Labute approximate surface area is 201 Å². The van der Waals surface area contributed by atoms with E-state index in [4.69, 9.17) is 0 Å². The van der Waals surface area contributed by atoms with Crippen LogP contribution in [0.2, 0.25) is 0 Å². The molecule has 3 aromatic carbocycles. The van der Waals surface area contributed by atoms with Gasteiger partial charge in [0.2, 0.25) is 0 Å². The molecule has 0 aliphatic heterocycles. The Kier molecular flexibility index (Phi) is 12.5. The van der Waals surface area contributed by atoms with Crippen molar-refractivity contribution in [1.29, 1.82) is 0 Å². The molecule has 1 aliphatic carbocycles. The fraction of sp³-hybridized carbons (Fsp3) is 0.290. The van der Waals surface area contributed by atoms with Gasteiger partial charge in [-0.15, -0.1) is 0 Å². The zero-order valence-corrected chi connectivity index (χ0v) is 21.6. The van der Waals surface area contributed by atoms with E-state index in [0.29, 0.717) is 0 Å². The highest BCUT2D eigenvalue weighted by molar-refractivity contribution is 5.74. The third-order valence-electron chi connectivity index (χ3n) is 5.26. The second kappa shape index (κ2) is 14.8. The van der Waals surface area contributed by atoms with Gasteiger partial charge in [0.15, 0.2) is 0 Å². The third-order valence-corrected chi connectivity index (χ3v) is 5.26. The van der Waals surface area contributed by atoms with Crippen LogP contribution >= 0.6 is 0 Å². The molecule has 0 aromatic heterocycles. The monoisotopic (exact) mass is 445 g/mol. The minimum Gasteiger partial charge on any atom is -0.311 e. The summed E-state index contributed by atoms with van der Waals surface area (Å²) in [5.41, 5.74) is 6.64. The minimum absolute atomic E-state index is 0.121. The van der Waals surface area contributed by atoms with Gasteiger partial charge in [-0.3, -0.25) is 0 Å². The number of rotatable bonds is 3. The van der Waals surface area contributed by atoms with E-state index in [1.54, 1.807) is 6.07 Å². The average molecular weight is 446 g/mol. The summed E-state index contributed by atoms with van der Waals surface area (Å²) >= 11 is 0. The smallest absolute Gasteiger partial charge is 0.123 e. The summed E-state index contributed by atoms with van der Waals surface area (Å²) in [6.07, 6.45) is 4.24. The maximum absolute atomic E-state index is 13.9. The van der Waals surface area contributed by atoms with Crippen molar-refractivity contribution in [1.82, 2.24) is 0 Å². The van der Waals surface area contributed by atoms with Crippen LogP contribution in [0.15, 0.2) is 96.2 Å². The Morgan fingerprint density at radius 3 is 1.64 bits per heavy atom. The SMILES string of the molecule is CC.CC.CC.CC1=C(N(c2ccccc2)c2ccccc2)C=Cc2ccc(F)cc2C1C. The molecule has 0 radical (unpaired) electrons. The van der Waals surface area contributed by atoms with Crippen LogP contribution in [0.4, 0.5) is 15.8 Å².